The highest BCUT2D eigenvalue weighted by Crippen LogP contribution is 2.29. The zero-order valence-corrected chi connectivity index (χ0v) is 17.7. The minimum atomic E-state index is -0.593. The highest BCUT2D eigenvalue weighted by Gasteiger charge is 2.19. The zero-order valence-electron chi connectivity index (χ0n) is 15.4. The predicted molar refractivity (Wildman–Crippen MR) is 112 cm³/mol. The number of rotatable bonds is 8. The van der Waals surface area contributed by atoms with Gasteiger partial charge in [-0.05, 0) is 31.2 Å². The lowest BCUT2D eigenvalue weighted by Crippen LogP contribution is -2.22. The van der Waals surface area contributed by atoms with Crippen LogP contribution in [0.5, 0.6) is 5.75 Å². The van der Waals surface area contributed by atoms with Crippen molar-refractivity contribution < 1.29 is 18.9 Å². The van der Waals surface area contributed by atoms with Crippen LogP contribution < -0.4 is 10.1 Å². The number of non-ortho nitro benzene ring substituents is 1. The van der Waals surface area contributed by atoms with E-state index in [1.807, 2.05) is 0 Å². The molecule has 1 heterocycles. The number of ether oxygens (including phenoxy) is 1. The minimum absolute atomic E-state index is 0.0107. The van der Waals surface area contributed by atoms with Crippen LogP contribution in [0.4, 0.5) is 11.4 Å². The molecule has 30 heavy (non-hydrogen) atoms. The molecule has 0 aliphatic carbocycles. The van der Waals surface area contributed by atoms with E-state index in [2.05, 4.69) is 15.5 Å². The average Bonchev–Trinajstić information content (AvgIpc) is 3.14. The van der Waals surface area contributed by atoms with E-state index in [0.717, 1.165) is 11.8 Å². The number of nitrogens with zero attached hydrogens (tertiary/aromatic N) is 3. The number of carbonyl (C=O) groups is 1. The summed E-state index contributed by atoms with van der Waals surface area (Å²) in [5.41, 5.74) is 0.205. The first kappa shape index (κ1) is 21.9. The molecule has 0 spiro atoms. The van der Waals surface area contributed by atoms with Gasteiger partial charge in [0, 0.05) is 22.8 Å². The van der Waals surface area contributed by atoms with Crippen LogP contribution in [0.2, 0.25) is 10.0 Å². The molecule has 0 saturated heterocycles. The number of benzene rings is 2. The zero-order chi connectivity index (χ0) is 21.7. The number of nitro groups is 1. The standard InChI is InChI=1S/C18H14Cl2N4O5S/c1-10(17(25)21-12-3-2-4-13(8-12)24(26)27)30-18-23-22-16(29-18)9-28-15-6-5-11(19)7-14(15)20/h2-8,10H,9H2,1H3,(H,21,25)/t10-/m1/s1. The van der Waals surface area contributed by atoms with Crippen LogP contribution in [-0.4, -0.2) is 26.3 Å². The number of anilines is 1. The fraction of sp³-hybridized carbons (Fsp3) is 0.167. The Labute approximate surface area is 184 Å². The molecule has 1 amide bonds. The summed E-state index contributed by atoms with van der Waals surface area (Å²) in [6.07, 6.45) is 0. The second-order valence-corrected chi connectivity index (χ2v) is 8.02. The van der Waals surface area contributed by atoms with Gasteiger partial charge < -0.3 is 14.5 Å². The molecule has 12 heteroatoms. The van der Waals surface area contributed by atoms with Crippen molar-refractivity contribution in [1.82, 2.24) is 10.2 Å². The number of nitro benzene ring substituents is 1. The summed E-state index contributed by atoms with van der Waals surface area (Å²) in [5.74, 6) is 0.248. The topological polar surface area (TPSA) is 120 Å². The Morgan fingerprint density at radius 2 is 2.10 bits per heavy atom. The van der Waals surface area contributed by atoms with Crippen molar-refractivity contribution in [3.8, 4) is 5.75 Å². The molecule has 3 rings (SSSR count). The maximum Gasteiger partial charge on any atom is 0.277 e. The first-order chi connectivity index (χ1) is 14.3. The lowest BCUT2D eigenvalue weighted by Gasteiger charge is -2.09. The molecule has 0 saturated carbocycles. The highest BCUT2D eigenvalue weighted by molar-refractivity contribution is 8.00. The van der Waals surface area contributed by atoms with Gasteiger partial charge in [0.1, 0.15) is 5.75 Å². The van der Waals surface area contributed by atoms with Crippen LogP contribution in [0.1, 0.15) is 12.8 Å². The maximum absolute atomic E-state index is 12.3. The van der Waals surface area contributed by atoms with E-state index in [4.69, 9.17) is 32.4 Å². The number of thioether (sulfide) groups is 1. The van der Waals surface area contributed by atoms with Crippen molar-refractivity contribution in [3.05, 3.63) is 68.5 Å². The van der Waals surface area contributed by atoms with Gasteiger partial charge >= 0.3 is 0 Å². The van der Waals surface area contributed by atoms with Gasteiger partial charge in [0.15, 0.2) is 6.61 Å². The largest absolute Gasteiger partial charge is 0.482 e. The molecule has 0 aliphatic heterocycles. The van der Waals surface area contributed by atoms with E-state index in [1.54, 1.807) is 31.2 Å². The van der Waals surface area contributed by atoms with Gasteiger partial charge in [-0.1, -0.05) is 41.0 Å². The first-order valence-electron chi connectivity index (χ1n) is 8.44. The molecular formula is C18H14Cl2N4O5S. The first-order valence-corrected chi connectivity index (χ1v) is 10.1. The smallest absolute Gasteiger partial charge is 0.277 e. The number of nitrogens with one attached hydrogen (secondary N) is 1. The summed E-state index contributed by atoms with van der Waals surface area (Å²) in [6, 6.07) is 10.5. The van der Waals surface area contributed by atoms with Crippen LogP contribution >= 0.6 is 35.0 Å². The Kier molecular flexibility index (Phi) is 7.14. The van der Waals surface area contributed by atoms with E-state index < -0.39 is 10.2 Å². The maximum atomic E-state index is 12.3. The van der Waals surface area contributed by atoms with Gasteiger partial charge in [0.25, 0.3) is 16.8 Å². The van der Waals surface area contributed by atoms with Crippen LogP contribution in [-0.2, 0) is 11.4 Å². The minimum Gasteiger partial charge on any atom is -0.482 e. The monoisotopic (exact) mass is 468 g/mol. The second kappa shape index (κ2) is 9.79. The van der Waals surface area contributed by atoms with E-state index >= 15 is 0 Å². The molecule has 0 fully saturated rings. The molecule has 1 atom stereocenters. The Morgan fingerprint density at radius 1 is 1.30 bits per heavy atom. The lowest BCUT2D eigenvalue weighted by molar-refractivity contribution is -0.384. The summed E-state index contributed by atoms with van der Waals surface area (Å²) >= 11 is 12.9. The molecule has 3 aromatic rings. The van der Waals surface area contributed by atoms with Crippen molar-refractivity contribution in [3.63, 3.8) is 0 Å². The SMILES string of the molecule is C[C@@H](Sc1nnc(COc2ccc(Cl)cc2Cl)o1)C(=O)Nc1cccc([N+](=O)[O-])c1. The summed E-state index contributed by atoms with van der Waals surface area (Å²) < 4.78 is 11.0. The molecule has 9 nitrogen and oxygen atoms in total. The quantitative estimate of drug-likeness (QED) is 0.279. The molecule has 0 bridgehead atoms. The van der Waals surface area contributed by atoms with E-state index in [9.17, 15) is 14.9 Å². The Morgan fingerprint density at radius 3 is 2.83 bits per heavy atom. The van der Waals surface area contributed by atoms with Gasteiger partial charge in [-0.25, -0.2) is 0 Å². The van der Waals surface area contributed by atoms with Crippen LogP contribution in [0.25, 0.3) is 0 Å². The number of amides is 1. The highest BCUT2D eigenvalue weighted by atomic mass is 35.5. The van der Waals surface area contributed by atoms with Crippen molar-refractivity contribution in [2.24, 2.45) is 0 Å². The van der Waals surface area contributed by atoms with E-state index in [-0.39, 0.29) is 29.3 Å². The molecule has 1 aromatic heterocycles. The van der Waals surface area contributed by atoms with E-state index in [1.165, 1.54) is 18.2 Å². The van der Waals surface area contributed by atoms with Crippen LogP contribution in [0.15, 0.2) is 52.1 Å². The number of carbonyl (C=O) groups excluding carboxylic acids is 1. The van der Waals surface area contributed by atoms with Crippen LogP contribution in [0, 0.1) is 10.1 Å². The third-order valence-electron chi connectivity index (χ3n) is 3.66. The molecule has 2 aromatic carbocycles. The number of hydrogen-bond acceptors (Lipinski definition) is 8. The molecule has 0 aliphatic rings. The molecular weight excluding hydrogens is 455 g/mol. The normalized spacial score (nSPS) is 11.7. The van der Waals surface area contributed by atoms with E-state index in [0.29, 0.717) is 21.5 Å². The fourth-order valence-corrected chi connectivity index (χ4v) is 3.39. The summed E-state index contributed by atoms with van der Waals surface area (Å²) in [4.78, 5) is 22.6. The summed E-state index contributed by atoms with van der Waals surface area (Å²) in [7, 11) is 0. The third-order valence-corrected chi connectivity index (χ3v) is 5.13. The van der Waals surface area contributed by atoms with Crippen molar-refractivity contribution in [1.29, 1.82) is 0 Å². The van der Waals surface area contributed by atoms with Gasteiger partial charge in [0.05, 0.1) is 15.2 Å². The third kappa shape index (κ3) is 5.85. The number of hydrogen-bond donors (Lipinski definition) is 1. The Bertz CT molecular complexity index is 1080. The summed E-state index contributed by atoms with van der Waals surface area (Å²) in [6.45, 7) is 1.63. The number of halogens is 2. The van der Waals surface area contributed by atoms with Crippen LogP contribution in [0.3, 0.4) is 0 Å². The van der Waals surface area contributed by atoms with Crippen molar-refractivity contribution in [2.45, 2.75) is 24.0 Å². The Hall–Kier alpha value is -2.82. The van der Waals surface area contributed by atoms with Crippen molar-refractivity contribution in [2.75, 3.05) is 5.32 Å². The molecule has 156 valence electrons. The van der Waals surface area contributed by atoms with Gasteiger partial charge in [-0.15, -0.1) is 10.2 Å². The van der Waals surface area contributed by atoms with Gasteiger partial charge in [0.2, 0.25) is 5.91 Å². The van der Waals surface area contributed by atoms with Crippen molar-refractivity contribution >= 4 is 52.2 Å². The molecule has 1 N–H and O–H groups in total. The molecule has 0 unspecified atom stereocenters. The molecule has 0 radical (unpaired) electrons. The summed E-state index contributed by atoms with van der Waals surface area (Å²) in [5, 5.41) is 21.6. The van der Waals surface area contributed by atoms with Gasteiger partial charge in [-0.3, -0.25) is 14.9 Å². The second-order valence-electron chi connectivity index (χ2n) is 5.88. The average molecular weight is 469 g/mol. The Balaban J connectivity index is 1.55. The number of aromatic nitrogens is 2. The fourth-order valence-electron chi connectivity index (χ4n) is 2.22. The van der Waals surface area contributed by atoms with Gasteiger partial charge in [-0.2, -0.15) is 0 Å². The predicted octanol–water partition coefficient (Wildman–Crippen LogP) is 4.98. The lowest BCUT2D eigenvalue weighted by atomic mass is 10.2.